The molecule has 0 aliphatic rings. The first-order valence-corrected chi connectivity index (χ1v) is 6.24. The summed E-state index contributed by atoms with van der Waals surface area (Å²) in [6.07, 6.45) is 0. The number of hydrogen-bond donors (Lipinski definition) is 4. The first-order valence-electron chi connectivity index (χ1n) is 6.24. The summed E-state index contributed by atoms with van der Waals surface area (Å²) in [5, 5.41) is 14.7. The molecule has 21 heavy (non-hydrogen) atoms. The molecule has 0 aliphatic carbocycles. The summed E-state index contributed by atoms with van der Waals surface area (Å²) in [5.74, 6) is 0.251. The fourth-order valence-corrected chi connectivity index (χ4v) is 1.36. The van der Waals surface area contributed by atoms with Crippen molar-refractivity contribution >= 4 is 35.8 Å². The molecule has 6 nitrogen and oxygen atoms in total. The zero-order chi connectivity index (χ0) is 15.0. The van der Waals surface area contributed by atoms with E-state index in [1.165, 1.54) is 12.1 Å². The van der Waals surface area contributed by atoms with Gasteiger partial charge >= 0.3 is 0 Å². The Kier molecular flexibility index (Phi) is 9.18. The zero-order valence-electron chi connectivity index (χ0n) is 11.9. The van der Waals surface area contributed by atoms with Crippen LogP contribution in [0, 0.1) is 0 Å². The number of phenolic OH excluding ortho intramolecular Hbond substituents is 1. The molecule has 0 bridgehead atoms. The number of guanidine groups is 1. The molecule has 1 aromatic carbocycles. The van der Waals surface area contributed by atoms with Crippen molar-refractivity contribution < 1.29 is 9.90 Å². The number of nitrogens with one attached hydrogen (secondary N) is 2. The number of rotatable bonds is 6. The van der Waals surface area contributed by atoms with E-state index in [9.17, 15) is 4.79 Å². The summed E-state index contributed by atoms with van der Waals surface area (Å²) >= 11 is 0. The molecular weight excluding hydrogens is 383 g/mol. The SMILES string of the molecule is C=C(C)CN=C(N)NCCNC(=O)c1ccc(O)cc1.I. The van der Waals surface area contributed by atoms with E-state index in [1.54, 1.807) is 12.1 Å². The van der Waals surface area contributed by atoms with Crippen molar-refractivity contribution in [2.45, 2.75) is 6.92 Å². The monoisotopic (exact) mass is 404 g/mol. The smallest absolute Gasteiger partial charge is 0.251 e. The predicted octanol–water partition coefficient (Wildman–Crippen LogP) is 1.22. The van der Waals surface area contributed by atoms with Crippen LogP contribution in [0.2, 0.25) is 0 Å². The second-order valence-electron chi connectivity index (χ2n) is 4.39. The number of carbonyl (C=O) groups excluding carboxylic acids is 1. The molecule has 1 rings (SSSR count). The van der Waals surface area contributed by atoms with Gasteiger partial charge in [0.1, 0.15) is 5.75 Å². The van der Waals surface area contributed by atoms with Gasteiger partial charge < -0.3 is 21.5 Å². The average Bonchev–Trinajstić information content (AvgIpc) is 2.42. The second kappa shape index (κ2) is 10.0. The summed E-state index contributed by atoms with van der Waals surface area (Å²) < 4.78 is 0. The number of nitrogens with two attached hydrogens (primary N) is 1. The number of aromatic hydroxyl groups is 1. The van der Waals surface area contributed by atoms with E-state index < -0.39 is 0 Å². The van der Waals surface area contributed by atoms with Crippen molar-refractivity contribution in [2.75, 3.05) is 19.6 Å². The van der Waals surface area contributed by atoms with Crippen molar-refractivity contribution in [1.29, 1.82) is 0 Å². The Bertz CT molecular complexity index is 500. The highest BCUT2D eigenvalue weighted by Gasteiger charge is 2.03. The standard InChI is InChI=1S/C14H20N4O2.HI/c1-10(2)9-18-14(15)17-8-7-16-13(20)11-3-5-12(19)6-4-11;/h3-6,19H,1,7-9H2,2H3,(H,16,20)(H3,15,17,18);1H. The minimum Gasteiger partial charge on any atom is -0.508 e. The Morgan fingerprint density at radius 2 is 1.86 bits per heavy atom. The third-order valence-corrected chi connectivity index (χ3v) is 2.37. The summed E-state index contributed by atoms with van der Waals surface area (Å²) in [5.41, 5.74) is 7.04. The summed E-state index contributed by atoms with van der Waals surface area (Å²) in [6.45, 7) is 6.98. The third kappa shape index (κ3) is 8.18. The highest BCUT2D eigenvalue weighted by Crippen LogP contribution is 2.08. The number of amides is 1. The van der Waals surface area contributed by atoms with Gasteiger partial charge in [0.2, 0.25) is 0 Å². The van der Waals surface area contributed by atoms with Crippen LogP contribution in [-0.4, -0.2) is 36.6 Å². The molecule has 7 heteroatoms. The van der Waals surface area contributed by atoms with E-state index in [0.717, 1.165) is 5.57 Å². The first kappa shape index (κ1) is 19.2. The molecular formula is C14H21IN4O2. The predicted molar refractivity (Wildman–Crippen MR) is 95.2 cm³/mol. The van der Waals surface area contributed by atoms with Crippen LogP contribution in [0.4, 0.5) is 0 Å². The Labute approximate surface area is 141 Å². The molecule has 0 fully saturated rings. The summed E-state index contributed by atoms with van der Waals surface area (Å²) in [7, 11) is 0. The van der Waals surface area contributed by atoms with Gasteiger partial charge in [-0.15, -0.1) is 24.0 Å². The van der Waals surface area contributed by atoms with Gasteiger partial charge in [-0.2, -0.15) is 0 Å². The van der Waals surface area contributed by atoms with Crippen LogP contribution in [0.3, 0.4) is 0 Å². The van der Waals surface area contributed by atoms with E-state index in [0.29, 0.717) is 31.2 Å². The van der Waals surface area contributed by atoms with Crippen LogP contribution in [0.5, 0.6) is 5.75 Å². The fourth-order valence-electron chi connectivity index (χ4n) is 1.36. The van der Waals surface area contributed by atoms with Crippen LogP contribution in [-0.2, 0) is 0 Å². The lowest BCUT2D eigenvalue weighted by atomic mass is 10.2. The summed E-state index contributed by atoms with van der Waals surface area (Å²) in [6, 6.07) is 6.05. The van der Waals surface area contributed by atoms with E-state index >= 15 is 0 Å². The van der Waals surface area contributed by atoms with Crippen molar-refractivity contribution in [3.63, 3.8) is 0 Å². The number of nitrogens with zero attached hydrogens (tertiary/aromatic N) is 1. The van der Waals surface area contributed by atoms with Crippen LogP contribution in [0.15, 0.2) is 41.4 Å². The topological polar surface area (TPSA) is 99.7 Å². The van der Waals surface area contributed by atoms with Gasteiger partial charge in [0, 0.05) is 18.7 Å². The minimum absolute atomic E-state index is 0. The number of hydrogen-bond acceptors (Lipinski definition) is 3. The quantitative estimate of drug-likeness (QED) is 0.188. The normalized spacial score (nSPS) is 10.4. The maximum absolute atomic E-state index is 11.7. The van der Waals surface area contributed by atoms with Crippen LogP contribution in [0.25, 0.3) is 0 Å². The van der Waals surface area contributed by atoms with Gasteiger partial charge in [-0.1, -0.05) is 12.2 Å². The van der Waals surface area contributed by atoms with Gasteiger partial charge in [0.15, 0.2) is 5.96 Å². The Morgan fingerprint density at radius 1 is 1.29 bits per heavy atom. The van der Waals surface area contributed by atoms with E-state index in [-0.39, 0.29) is 35.6 Å². The van der Waals surface area contributed by atoms with Gasteiger partial charge in [0.05, 0.1) is 6.54 Å². The zero-order valence-corrected chi connectivity index (χ0v) is 14.3. The Hall–Kier alpha value is -1.77. The van der Waals surface area contributed by atoms with E-state index in [2.05, 4.69) is 22.2 Å². The van der Waals surface area contributed by atoms with Gasteiger partial charge in [0.25, 0.3) is 5.91 Å². The number of halogens is 1. The molecule has 0 unspecified atom stereocenters. The second-order valence-corrected chi connectivity index (χ2v) is 4.39. The van der Waals surface area contributed by atoms with E-state index in [4.69, 9.17) is 10.8 Å². The minimum atomic E-state index is -0.204. The molecule has 0 aromatic heterocycles. The molecule has 1 aromatic rings. The van der Waals surface area contributed by atoms with Crippen LogP contribution >= 0.6 is 24.0 Å². The third-order valence-electron chi connectivity index (χ3n) is 2.37. The molecule has 0 spiro atoms. The van der Waals surface area contributed by atoms with E-state index in [1.807, 2.05) is 6.92 Å². The van der Waals surface area contributed by atoms with Gasteiger partial charge in [-0.3, -0.25) is 4.79 Å². The van der Waals surface area contributed by atoms with Crippen molar-refractivity contribution in [3.8, 4) is 5.75 Å². The molecule has 0 atom stereocenters. The maximum Gasteiger partial charge on any atom is 0.251 e. The molecule has 0 heterocycles. The number of benzene rings is 1. The van der Waals surface area contributed by atoms with Crippen molar-refractivity contribution in [3.05, 3.63) is 42.0 Å². The average molecular weight is 404 g/mol. The lowest BCUT2D eigenvalue weighted by Gasteiger charge is -2.07. The molecule has 0 radical (unpaired) electrons. The lowest BCUT2D eigenvalue weighted by molar-refractivity contribution is 0.0954. The highest BCUT2D eigenvalue weighted by molar-refractivity contribution is 14.0. The molecule has 0 aliphatic heterocycles. The van der Waals surface area contributed by atoms with Crippen molar-refractivity contribution in [2.24, 2.45) is 10.7 Å². The van der Waals surface area contributed by atoms with Gasteiger partial charge in [-0.25, -0.2) is 4.99 Å². The molecule has 5 N–H and O–H groups in total. The van der Waals surface area contributed by atoms with Gasteiger partial charge in [-0.05, 0) is 31.2 Å². The lowest BCUT2D eigenvalue weighted by Crippen LogP contribution is -2.38. The Morgan fingerprint density at radius 3 is 2.43 bits per heavy atom. The van der Waals surface area contributed by atoms with Crippen molar-refractivity contribution in [1.82, 2.24) is 10.6 Å². The summed E-state index contributed by atoms with van der Waals surface area (Å²) in [4.78, 5) is 15.8. The molecule has 116 valence electrons. The largest absolute Gasteiger partial charge is 0.508 e. The van der Waals surface area contributed by atoms with Crippen LogP contribution in [0.1, 0.15) is 17.3 Å². The molecule has 0 saturated heterocycles. The molecule has 1 amide bonds. The molecule has 0 saturated carbocycles. The number of phenols is 1. The fraction of sp³-hybridized carbons (Fsp3) is 0.286. The maximum atomic E-state index is 11.7. The highest BCUT2D eigenvalue weighted by atomic mass is 127. The number of carbonyl (C=O) groups is 1. The number of aliphatic imine (C=N–C) groups is 1. The van der Waals surface area contributed by atoms with Crippen LogP contribution < -0.4 is 16.4 Å². The Balaban J connectivity index is 0.00000400. The first-order chi connectivity index (χ1) is 9.49.